The third-order valence-corrected chi connectivity index (χ3v) is 3.32. The van der Waals surface area contributed by atoms with Crippen LogP contribution in [0.5, 0.6) is 11.5 Å². The quantitative estimate of drug-likeness (QED) is 0.699. The van der Waals surface area contributed by atoms with Gasteiger partial charge in [-0.15, -0.1) is 13.2 Å². The molecule has 3 nitrogen and oxygen atoms in total. The van der Waals surface area contributed by atoms with E-state index in [2.05, 4.69) is 25.7 Å². The molecule has 0 atom stereocenters. The molecular formula is C13H8BrClF3NO2. The average Bonchev–Trinajstić information content (AvgIpc) is 2.39. The summed E-state index contributed by atoms with van der Waals surface area (Å²) in [6.07, 6.45) is -3.19. The van der Waals surface area contributed by atoms with Gasteiger partial charge in [0.15, 0.2) is 0 Å². The molecule has 0 spiro atoms. The number of rotatable bonds is 4. The number of ether oxygens (including phenoxy) is 2. The second-order valence-corrected chi connectivity index (χ2v) is 5.09. The van der Waals surface area contributed by atoms with Crippen LogP contribution in [0.25, 0.3) is 0 Å². The lowest BCUT2D eigenvalue weighted by molar-refractivity contribution is -0.274. The fraction of sp³-hybridized carbons (Fsp3) is 0.154. The van der Waals surface area contributed by atoms with E-state index < -0.39 is 6.36 Å². The van der Waals surface area contributed by atoms with E-state index in [1.54, 1.807) is 18.3 Å². The molecule has 0 radical (unpaired) electrons. The first-order valence-electron chi connectivity index (χ1n) is 5.62. The van der Waals surface area contributed by atoms with E-state index in [9.17, 15) is 13.2 Å². The highest BCUT2D eigenvalue weighted by atomic mass is 79.9. The summed E-state index contributed by atoms with van der Waals surface area (Å²) in [5.74, 6) is 0.0329. The van der Waals surface area contributed by atoms with Gasteiger partial charge in [0.2, 0.25) is 0 Å². The molecule has 0 N–H and O–H groups in total. The number of benzene rings is 1. The first kappa shape index (κ1) is 15.9. The molecule has 0 amide bonds. The maximum Gasteiger partial charge on any atom is 0.573 e. The van der Waals surface area contributed by atoms with E-state index in [4.69, 9.17) is 16.3 Å². The Morgan fingerprint density at radius 3 is 2.62 bits per heavy atom. The second-order valence-electron chi connectivity index (χ2n) is 3.88. The van der Waals surface area contributed by atoms with Crippen LogP contribution in [0, 0.1) is 0 Å². The molecule has 0 fully saturated rings. The van der Waals surface area contributed by atoms with Gasteiger partial charge in [0, 0.05) is 11.8 Å². The van der Waals surface area contributed by atoms with Crippen molar-refractivity contribution in [2.75, 3.05) is 0 Å². The predicted molar refractivity (Wildman–Crippen MR) is 74.4 cm³/mol. The van der Waals surface area contributed by atoms with Crippen LogP contribution in [0.15, 0.2) is 41.0 Å². The third-order valence-electron chi connectivity index (χ3n) is 2.36. The molecule has 21 heavy (non-hydrogen) atoms. The van der Waals surface area contributed by atoms with Crippen LogP contribution in [0.2, 0.25) is 5.15 Å². The Labute approximate surface area is 131 Å². The van der Waals surface area contributed by atoms with Crippen LogP contribution in [-0.4, -0.2) is 11.3 Å². The van der Waals surface area contributed by atoms with Crippen LogP contribution in [-0.2, 0) is 6.61 Å². The zero-order valence-electron chi connectivity index (χ0n) is 10.3. The number of halogens is 5. The van der Waals surface area contributed by atoms with Crippen LogP contribution >= 0.6 is 27.5 Å². The van der Waals surface area contributed by atoms with E-state index in [1.807, 2.05) is 0 Å². The van der Waals surface area contributed by atoms with Crippen molar-refractivity contribution in [3.63, 3.8) is 0 Å². The van der Waals surface area contributed by atoms with E-state index in [0.29, 0.717) is 16.5 Å². The number of pyridine rings is 1. The Morgan fingerprint density at radius 2 is 2.00 bits per heavy atom. The van der Waals surface area contributed by atoms with Gasteiger partial charge in [-0.05, 0) is 40.2 Å². The average molecular weight is 383 g/mol. The van der Waals surface area contributed by atoms with Crippen LogP contribution in [0.4, 0.5) is 13.2 Å². The summed E-state index contributed by atoms with van der Waals surface area (Å²) >= 11 is 8.87. The first-order chi connectivity index (χ1) is 9.85. The van der Waals surface area contributed by atoms with Gasteiger partial charge in [0.05, 0.1) is 4.47 Å². The molecule has 0 aliphatic heterocycles. The normalized spacial score (nSPS) is 11.3. The Hall–Kier alpha value is -1.47. The molecule has 2 aromatic rings. The lowest BCUT2D eigenvalue weighted by atomic mass is 10.3. The van der Waals surface area contributed by atoms with E-state index in [1.165, 1.54) is 12.1 Å². The van der Waals surface area contributed by atoms with Crippen molar-refractivity contribution in [3.05, 3.63) is 51.7 Å². The van der Waals surface area contributed by atoms with Crippen molar-refractivity contribution in [3.8, 4) is 11.5 Å². The molecule has 0 saturated carbocycles. The van der Waals surface area contributed by atoms with E-state index in [-0.39, 0.29) is 16.8 Å². The summed E-state index contributed by atoms with van der Waals surface area (Å²) in [4.78, 5) is 3.89. The highest BCUT2D eigenvalue weighted by molar-refractivity contribution is 9.10. The van der Waals surface area contributed by atoms with Gasteiger partial charge in [-0.25, -0.2) is 4.98 Å². The number of aromatic nitrogens is 1. The summed E-state index contributed by atoms with van der Waals surface area (Å²) in [5.41, 5.74) is 0.672. The fourth-order valence-corrected chi connectivity index (χ4v) is 2.08. The second kappa shape index (κ2) is 6.53. The SMILES string of the molecule is FC(F)(F)Oc1ccc(OCc2cccnc2Cl)cc1Br. The van der Waals surface area contributed by atoms with Gasteiger partial charge < -0.3 is 9.47 Å². The van der Waals surface area contributed by atoms with Crippen molar-refractivity contribution in [2.24, 2.45) is 0 Å². The smallest absolute Gasteiger partial charge is 0.489 e. The van der Waals surface area contributed by atoms with Gasteiger partial charge in [-0.3, -0.25) is 0 Å². The van der Waals surface area contributed by atoms with Crippen molar-refractivity contribution >= 4 is 27.5 Å². The molecule has 0 aliphatic carbocycles. The maximum absolute atomic E-state index is 12.1. The molecule has 0 bridgehead atoms. The fourth-order valence-electron chi connectivity index (χ4n) is 1.47. The molecule has 1 heterocycles. The number of hydrogen-bond donors (Lipinski definition) is 0. The lowest BCUT2D eigenvalue weighted by Gasteiger charge is -2.12. The van der Waals surface area contributed by atoms with Gasteiger partial charge in [-0.1, -0.05) is 17.7 Å². The molecule has 0 unspecified atom stereocenters. The standard InChI is InChI=1S/C13H8BrClF3NO2/c14-10-6-9(3-4-11(10)21-13(16,17)18)20-7-8-2-1-5-19-12(8)15/h1-6H,7H2. The maximum atomic E-state index is 12.1. The zero-order valence-corrected chi connectivity index (χ0v) is 12.7. The molecule has 2 rings (SSSR count). The zero-order chi connectivity index (χ0) is 15.5. The lowest BCUT2D eigenvalue weighted by Crippen LogP contribution is -2.17. The van der Waals surface area contributed by atoms with Crippen LogP contribution < -0.4 is 9.47 Å². The summed E-state index contributed by atoms with van der Waals surface area (Å²) < 4.78 is 45.8. The summed E-state index contributed by atoms with van der Waals surface area (Å²) in [6.45, 7) is 0.151. The Bertz CT molecular complexity index is 637. The number of nitrogens with zero attached hydrogens (tertiary/aromatic N) is 1. The third kappa shape index (κ3) is 4.78. The largest absolute Gasteiger partial charge is 0.573 e. The molecule has 0 saturated heterocycles. The van der Waals surface area contributed by atoms with Crippen molar-refractivity contribution in [1.82, 2.24) is 4.98 Å². The molecule has 112 valence electrons. The highest BCUT2D eigenvalue weighted by Gasteiger charge is 2.31. The molecule has 1 aromatic heterocycles. The molecular weight excluding hydrogens is 374 g/mol. The monoisotopic (exact) mass is 381 g/mol. The van der Waals surface area contributed by atoms with Crippen molar-refractivity contribution < 1.29 is 22.6 Å². The van der Waals surface area contributed by atoms with Crippen molar-refractivity contribution in [2.45, 2.75) is 13.0 Å². The topological polar surface area (TPSA) is 31.4 Å². The van der Waals surface area contributed by atoms with Crippen LogP contribution in [0.1, 0.15) is 5.56 Å². The summed E-state index contributed by atoms with van der Waals surface area (Å²) in [6, 6.07) is 7.37. The minimum absolute atomic E-state index is 0.134. The molecule has 1 aromatic carbocycles. The minimum Gasteiger partial charge on any atom is -0.489 e. The predicted octanol–water partition coefficient (Wildman–Crippen LogP) is 4.98. The minimum atomic E-state index is -4.74. The van der Waals surface area contributed by atoms with Crippen molar-refractivity contribution in [1.29, 1.82) is 0 Å². The van der Waals surface area contributed by atoms with E-state index >= 15 is 0 Å². The Balaban J connectivity index is 2.05. The summed E-state index contributed by atoms with van der Waals surface area (Å²) in [5, 5.41) is 0.314. The van der Waals surface area contributed by atoms with Crippen LogP contribution in [0.3, 0.4) is 0 Å². The van der Waals surface area contributed by atoms with Gasteiger partial charge in [0.25, 0.3) is 0 Å². The van der Waals surface area contributed by atoms with E-state index in [0.717, 1.165) is 6.07 Å². The Kier molecular flexibility index (Phi) is 4.95. The molecule has 8 heteroatoms. The Morgan fingerprint density at radius 1 is 1.24 bits per heavy atom. The highest BCUT2D eigenvalue weighted by Crippen LogP contribution is 2.33. The van der Waals surface area contributed by atoms with Gasteiger partial charge in [-0.2, -0.15) is 0 Å². The van der Waals surface area contributed by atoms with Gasteiger partial charge >= 0.3 is 6.36 Å². The van der Waals surface area contributed by atoms with Gasteiger partial charge in [0.1, 0.15) is 23.3 Å². The number of alkyl halides is 3. The first-order valence-corrected chi connectivity index (χ1v) is 6.80. The number of hydrogen-bond acceptors (Lipinski definition) is 3. The summed E-state index contributed by atoms with van der Waals surface area (Å²) in [7, 11) is 0. The molecule has 0 aliphatic rings.